The molecule has 3 nitrogen and oxygen atoms in total. The van der Waals surface area contributed by atoms with Crippen molar-refractivity contribution >= 4 is 11.4 Å². The van der Waals surface area contributed by atoms with E-state index in [9.17, 15) is 4.39 Å². The topological polar surface area (TPSA) is 42.1 Å². The molecule has 1 aromatic carbocycles. The molecule has 1 aromatic heterocycles. The third kappa shape index (κ3) is 3.55. The Hall–Kier alpha value is -2.43. The van der Waals surface area contributed by atoms with Crippen molar-refractivity contribution < 1.29 is 8.78 Å². The highest BCUT2D eigenvalue weighted by atomic mass is 19.2. The highest BCUT2D eigenvalue weighted by Crippen LogP contribution is 2.42. The van der Waals surface area contributed by atoms with Crippen molar-refractivity contribution in [2.75, 3.05) is 23.9 Å². The van der Waals surface area contributed by atoms with Gasteiger partial charge in [-0.3, -0.25) is 4.98 Å². The molecule has 144 valence electrons. The van der Waals surface area contributed by atoms with Gasteiger partial charge in [0.1, 0.15) is 6.67 Å². The molecular weight excluding hydrogens is 344 g/mol. The summed E-state index contributed by atoms with van der Waals surface area (Å²) in [5.41, 5.74) is 9.24. The van der Waals surface area contributed by atoms with E-state index in [0.29, 0.717) is 18.7 Å². The number of hydrogen-bond donors (Lipinski definition) is 1. The number of nitrogens with two attached hydrogens (primary N) is 1. The minimum absolute atomic E-state index is 0.0754. The maximum absolute atomic E-state index is 15.5. The zero-order chi connectivity index (χ0) is 19.6. The first-order valence-electron chi connectivity index (χ1n) is 9.41. The van der Waals surface area contributed by atoms with Crippen LogP contribution in [0.1, 0.15) is 31.0 Å². The van der Waals surface area contributed by atoms with Gasteiger partial charge in [-0.25, -0.2) is 8.78 Å². The number of fused-ring (bicyclic) bond motifs is 1. The van der Waals surface area contributed by atoms with Crippen molar-refractivity contribution in [1.29, 1.82) is 0 Å². The molecule has 3 rings (SSSR count). The Balaban J connectivity index is 2.13. The summed E-state index contributed by atoms with van der Waals surface area (Å²) < 4.78 is 29.2. The van der Waals surface area contributed by atoms with Crippen LogP contribution in [0.3, 0.4) is 0 Å². The lowest BCUT2D eigenvalue weighted by Gasteiger charge is -2.46. The first kappa shape index (κ1) is 19.3. The Morgan fingerprint density at radius 2 is 2.19 bits per heavy atom. The molecule has 0 aliphatic carbocycles. The van der Waals surface area contributed by atoms with Crippen LogP contribution in [-0.4, -0.2) is 29.9 Å². The van der Waals surface area contributed by atoms with Crippen molar-refractivity contribution in [3.8, 4) is 11.1 Å². The standard InChI is InChI=1S/C22H27F2N3/c1-4-6-21-22(24,14-23)12-17-8-7-16(10-20(17)27(21)9-5-2)19-11-18(25)13-26-15(19)3/h4,7-8,10-11,13,21H,1,5-6,9,12,14,25H2,2-3H3. The van der Waals surface area contributed by atoms with Crippen molar-refractivity contribution in [3.05, 3.63) is 54.4 Å². The van der Waals surface area contributed by atoms with Gasteiger partial charge in [-0.15, -0.1) is 6.58 Å². The summed E-state index contributed by atoms with van der Waals surface area (Å²) in [4.78, 5) is 6.35. The molecular formula is C22H27F2N3. The fourth-order valence-corrected chi connectivity index (χ4v) is 4.02. The van der Waals surface area contributed by atoms with E-state index in [1.165, 1.54) is 0 Å². The van der Waals surface area contributed by atoms with Gasteiger partial charge >= 0.3 is 0 Å². The molecule has 1 aliphatic rings. The Morgan fingerprint density at radius 1 is 1.41 bits per heavy atom. The van der Waals surface area contributed by atoms with Crippen LogP contribution in [-0.2, 0) is 6.42 Å². The first-order chi connectivity index (χ1) is 12.9. The predicted octanol–water partition coefficient (Wildman–Crippen LogP) is 5.03. The zero-order valence-corrected chi connectivity index (χ0v) is 16.0. The average molecular weight is 371 g/mol. The molecule has 2 heterocycles. The van der Waals surface area contributed by atoms with Crippen LogP contribution in [0.2, 0.25) is 0 Å². The van der Waals surface area contributed by atoms with Gasteiger partial charge in [0.05, 0.1) is 17.9 Å². The van der Waals surface area contributed by atoms with Crippen molar-refractivity contribution in [2.45, 2.75) is 44.8 Å². The lowest BCUT2D eigenvalue weighted by Crippen LogP contribution is -2.56. The molecule has 0 bridgehead atoms. The first-order valence-corrected chi connectivity index (χ1v) is 9.41. The monoisotopic (exact) mass is 371 g/mol. The summed E-state index contributed by atoms with van der Waals surface area (Å²) in [6.45, 7) is 7.41. The second-order valence-electron chi connectivity index (χ2n) is 7.32. The highest BCUT2D eigenvalue weighted by Gasteiger charge is 2.46. The van der Waals surface area contributed by atoms with E-state index < -0.39 is 18.4 Å². The lowest BCUT2D eigenvalue weighted by atomic mass is 9.81. The number of nitrogen functional groups attached to an aromatic ring is 1. The van der Waals surface area contributed by atoms with Crippen LogP contribution in [0.25, 0.3) is 11.1 Å². The summed E-state index contributed by atoms with van der Waals surface area (Å²) in [6.07, 6.45) is 4.64. The summed E-state index contributed by atoms with van der Waals surface area (Å²) >= 11 is 0. The molecule has 2 N–H and O–H groups in total. The molecule has 0 fully saturated rings. The van der Waals surface area contributed by atoms with Gasteiger partial charge in [-0.1, -0.05) is 25.1 Å². The molecule has 5 heteroatoms. The van der Waals surface area contributed by atoms with Crippen LogP contribution in [0.5, 0.6) is 0 Å². The number of rotatable bonds is 6. The highest BCUT2D eigenvalue weighted by molar-refractivity contribution is 5.75. The number of anilines is 2. The van der Waals surface area contributed by atoms with E-state index >= 15 is 4.39 Å². The summed E-state index contributed by atoms with van der Waals surface area (Å²) in [6, 6.07) is 7.26. The fourth-order valence-electron chi connectivity index (χ4n) is 4.02. The third-order valence-electron chi connectivity index (χ3n) is 5.35. The number of alkyl halides is 2. The van der Waals surface area contributed by atoms with Gasteiger partial charge in [0.25, 0.3) is 0 Å². The maximum atomic E-state index is 15.5. The smallest absolute Gasteiger partial charge is 0.163 e. The van der Waals surface area contributed by atoms with Gasteiger partial charge in [0.15, 0.2) is 5.67 Å². The second kappa shape index (κ2) is 7.67. The van der Waals surface area contributed by atoms with E-state index in [1.54, 1.807) is 12.3 Å². The van der Waals surface area contributed by atoms with E-state index in [-0.39, 0.29) is 6.42 Å². The Labute approximate surface area is 159 Å². The number of benzene rings is 1. The van der Waals surface area contributed by atoms with Crippen LogP contribution < -0.4 is 10.6 Å². The van der Waals surface area contributed by atoms with E-state index in [2.05, 4.69) is 17.6 Å². The Kier molecular flexibility index (Phi) is 5.49. The maximum Gasteiger partial charge on any atom is 0.163 e. The summed E-state index contributed by atoms with van der Waals surface area (Å²) in [7, 11) is 0. The lowest BCUT2D eigenvalue weighted by molar-refractivity contribution is 0.0788. The van der Waals surface area contributed by atoms with Gasteiger partial charge in [-0.2, -0.15) is 0 Å². The molecule has 0 spiro atoms. The van der Waals surface area contributed by atoms with E-state index in [1.807, 2.05) is 36.9 Å². The molecule has 0 saturated heterocycles. The van der Waals surface area contributed by atoms with Crippen LogP contribution in [0, 0.1) is 6.92 Å². The quantitative estimate of drug-likeness (QED) is 0.724. The largest absolute Gasteiger partial charge is 0.397 e. The van der Waals surface area contributed by atoms with Gasteiger partial charge in [0, 0.05) is 29.9 Å². The zero-order valence-electron chi connectivity index (χ0n) is 16.0. The SMILES string of the molecule is C=CCC1N(CCC)c2cc(-c3cc(N)cnc3C)ccc2CC1(F)CF. The molecule has 2 atom stereocenters. The number of aromatic nitrogens is 1. The van der Waals surface area contributed by atoms with E-state index in [0.717, 1.165) is 34.5 Å². The number of nitrogens with zero attached hydrogens (tertiary/aromatic N) is 2. The van der Waals surface area contributed by atoms with Gasteiger partial charge in [-0.05, 0) is 43.0 Å². The third-order valence-corrected chi connectivity index (χ3v) is 5.35. The molecule has 0 amide bonds. The molecule has 2 unspecified atom stereocenters. The van der Waals surface area contributed by atoms with Crippen LogP contribution in [0.15, 0.2) is 43.1 Å². The average Bonchev–Trinajstić information content (AvgIpc) is 2.66. The van der Waals surface area contributed by atoms with Crippen molar-refractivity contribution in [3.63, 3.8) is 0 Å². The minimum atomic E-state index is -1.90. The van der Waals surface area contributed by atoms with Crippen LogP contribution in [0.4, 0.5) is 20.2 Å². The Morgan fingerprint density at radius 3 is 2.85 bits per heavy atom. The van der Waals surface area contributed by atoms with Crippen molar-refractivity contribution in [1.82, 2.24) is 4.98 Å². The summed E-state index contributed by atoms with van der Waals surface area (Å²) in [5.74, 6) is 0. The normalized spacial score (nSPS) is 21.8. The molecule has 2 aromatic rings. The predicted molar refractivity (Wildman–Crippen MR) is 109 cm³/mol. The van der Waals surface area contributed by atoms with Gasteiger partial charge in [0.2, 0.25) is 0 Å². The van der Waals surface area contributed by atoms with E-state index in [4.69, 9.17) is 5.73 Å². The fraction of sp³-hybridized carbons (Fsp3) is 0.409. The molecule has 27 heavy (non-hydrogen) atoms. The molecule has 0 radical (unpaired) electrons. The molecule has 0 saturated carbocycles. The number of hydrogen-bond acceptors (Lipinski definition) is 3. The van der Waals surface area contributed by atoms with Crippen molar-refractivity contribution in [2.24, 2.45) is 0 Å². The Bertz CT molecular complexity index is 836. The second-order valence-corrected chi connectivity index (χ2v) is 7.32. The van der Waals surface area contributed by atoms with Gasteiger partial charge < -0.3 is 10.6 Å². The minimum Gasteiger partial charge on any atom is -0.397 e. The summed E-state index contributed by atoms with van der Waals surface area (Å²) in [5, 5.41) is 0. The number of aryl methyl sites for hydroxylation is 1. The number of halogens is 2. The van der Waals surface area contributed by atoms with Crippen LogP contribution >= 0.6 is 0 Å². The molecule has 1 aliphatic heterocycles. The number of pyridine rings is 1.